The largest absolute Gasteiger partial charge is 0.382 e. The summed E-state index contributed by atoms with van der Waals surface area (Å²) in [7, 11) is 1.56. The first-order valence-electron chi connectivity index (χ1n) is 6.54. The zero-order valence-corrected chi connectivity index (χ0v) is 12.8. The average Bonchev–Trinajstić information content (AvgIpc) is 2.48. The maximum absolute atomic E-state index is 11.8. The topological polar surface area (TPSA) is 76.7 Å². The van der Waals surface area contributed by atoms with Gasteiger partial charge in [-0.05, 0) is 12.1 Å². The maximum atomic E-state index is 11.8. The van der Waals surface area contributed by atoms with Gasteiger partial charge in [-0.1, -0.05) is 12.1 Å². The van der Waals surface area contributed by atoms with Crippen molar-refractivity contribution in [3.05, 3.63) is 29.8 Å². The van der Waals surface area contributed by atoms with Crippen molar-refractivity contribution in [2.75, 3.05) is 40.0 Å². The van der Waals surface area contributed by atoms with Crippen molar-refractivity contribution in [1.29, 1.82) is 0 Å². The fourth-order valence-electron chi connectivity index (χ4n) is 1.50. The van der Waals surface area contributed by atoms with E-state index < -0.39 is 0 Å². The summed E-state index contributed by atoms with van der Waals surface area (Å²) in [4.78, 5) is 23.8. The summed E-state index contributed by atoms with van der Waals surface area (Å²) >= 11 is 4.21. The minimum absolute atomic E-state index is 0.0171. The molecule has 1 aromatic rings. The van der Waals surface area contributed by atoms with Crippen LogP contribution in [0.2, 0.25) is 0 Å². The molecule has 2 amide bonds. The van der Waals surface area contributed by atoms with E-state index in [-0.39, 0.29) is 18.4 Å². The second kappa shape index (κ2) is 10.2. The molecule has 0 bridgehead atoms. The van der Waals surface area contributed by atoms with Gasteiger partial charge in [-0.2, -0.15) is 0 Å². The third kappa shape index (κ3) is 7.12. The van der Waals surface area contributed by atoms with Crippen LogP contribution in [0.3, 0.4) is 0 Å². The summed E-state index contributed by atoms with van der Waals surface area (Å²) in [5, 5.41) is 5.35. The van der Waals surface area contributed by atoms with Crippen LogP contribution < -0.4 is 10.6 Å². The molecule has 0 aliphatic heterocycles. The number of thiol groups is 1. The molecule has 0 aliphatic rings. The van der Waals surface area contributed by atoms with Crippen molar-refractivity contribution in [3.63, 3.8) is 0 Å². The summed E-state index contributed by atoms with van der Waals surface area (Å²) in [6.07, 6.45) is 0. The maximum Gasteiger partial charge on any atom is 0.252 e. The molecule has 0 saturated carbocycles. The number of rotatable bonds is 9. The van der Waals surface area contributed by atoms with E-state index in [4.69, 9.17) is 9.47 Å². The monoisotopic (exact) mass is 312 g/mol. The Kier molecular flexibility index (Phi) is 8.49. The molecule has 6 nitrogen and oxygen atoms in total. The van der Waals surface area contributed by atoms with Gasteiger partial charge < -0.3 is 20.1 Å². The molecule has 0 saturated heterocycles. The molecule has 0 unspecified atom stereocenters. The first-order valence-corrected chi connectivity index (χ1v) is 6.99. The van der Waals surface area contributed by atoms with Crippen LogP contribution in [0.5, 0.6) is 0 Å². The van der Waals surface area contributed by atoms with Gasteiger partial charge >= 0.3 is 0 Å². The van der Waals surface area contributed by atoms with Gasteiger partial charge in [0.05, 0.1) is 18.8 Å². The molecule has 0 radical (unpaired) electrons. The zero-order chi connectivity index (χ0) is 15.5. The lowest BCUT2D eigenvalue weighted by Gasteiger charge is -2.08. The van der Waals surface area contributed by atoms with Crippen LogP contribution in [0.25, 0.3) is 0 Å². The summed E-state index contributed by atoms with van der Waals surface area (Å²) in [5.41, 5.74) is 0.509. The van der Waals surface area contributed by atoms with E-state index in [1.54, 1.807) is 25.3 Å². The van der Waals surface area contributed by atoms with E-state index in [1.807, 2.05) is 6.07 Å². The number of amides is 2. The lowest BCUT2D eigenvalue weighted by atomic mass is 10.2. The summed E-state index contributed by atoms with van der Waals surface area (Å²) in [5.74, 6) is -0.443. The quantitative estimate of drug-likeness (QED) is 0.458. The zero-order valence-electron chi connectivity index (χ0n) is 11.9. The SMILES string of the molecule is COCCOCC(=O)NCCNC(=O)c1ccccc1S. The third-order valence-electron chi connectivity index (χ3n) is 2.55. The molecule has 1 aromatic carbocycles. The molecule has 21 heavy (non-hydrogen) atoms. The fraction of sp³-hybridized carbons (Fsp3) is 0.429. The highest BCUT2D eigenvalue weighted by Crippen LogP contribution is 2.12. The van der Waals surface area contributed by atoms with E-state index in [2.05, 4.69) is 23.3 Å². The minimum Gasteiger partial charge on any atom is -0.382 e. The predicted octanol–water partition coefficient (Wildman–Crippen LogP) is 0.484. The number of benzene rings is 1. The van der Waals surface area contributed by atoms with Crippen molar-refractivity contribution in [1.82, 2.24) is 10.6 Å². The van der Waals surface area contributed by atoms with Crippen LogP contribution in [0, 0.1) is 0 Å². The molecule has 2 N–H and O–H groups in total. The van der Waals surface area contributed by atoms with Gasteiger partial charge in [0.25, 0.3) is 5.91 Å². The van der Waals surface area contributed by atoms with Gasteiger partial charge in [-0.15, -0.1) is 12.6 Å². The van der Waals surface area contributed by atoms with Crippen molar-refractivity contribution >= 4 is 24.4 Å². The number of nitrogens with one attached hydrogen (secondary N) is 2. The van der Waals surface area contributed by atoms with Crippen LogP contribution in [0.4, 0.5) is 0 Å². The molecular weight excluding hydrogens is 292 g/mol. The summed E-state index contributed by atoms with van der Waals surface area (Å²) < 4.78 is 9.85. The Morgan fingerprint density at radius 1 is 1.14 bits per heavy atom. The van der Waals surface area contributed by atoms with E-state index in [9.17, 15) is 9.59 Å². The fourth-order valence-corrected chi connectivity index (χ4v) is 1.76. The van der Waals surface area contributed by atoms with Crippen molar-refractivity contribution < 1.29 is 19.1 Å². The Morgan fingerprint density at radius 2 is 1.86 bits per heavy atom. The molecule has 116 valence electrons. The molecule has 0 fully saturated rings. The predicted molar refractivity (Wildman–Crippen MR) is 81.7 cm³/mol. The third-order valence-corrected chi connectivity index (χ3v) is 2.94. The summed E-state index contributed by atoms with van der Waals surface area (Å²) in [6, 6.07) is 7.02. The molecule has 1 rings (SSSR count). The highest BCUT2D eigenvalue weighted by Gasteiger charge is 2.07. The van der Waals surface area contributed by atoms with Crippen LogP contribution in [0.15, 0.2) is 29.2 Å². The number of ether oxygens (including phenoxy) is 2. The first kappa shape index (κ1) is 17.5. The lowest BCUT2D eigenvalue weighted by molar-refractivity contribution is -0.126. The minimum atomic E-state index is -0.227. The van der Waals surface area contributed by atoms with Crippen molar-refractivity contribution in [3.8, 4) is 0 Å². The molecular formula is C14H20N2O4S. The Labute approximate surface area is 129 Å². The average molecular weight is 312 g/mol. The Balaban J connectivity index is 2.15. The normalized spacial score (nSPS) is 10.2. The molecule has 0 heterocycles. The van der Waals surface area contributed by atoms with E-state index in [0.29, 0.717) is 36.8 Å². The highest BCUT2D eigenvalue weighted by molar-refractivity contribution is 7.80. The van der Waals surface area contributed by atoms with Crippen LogP contribution in [0.1, 0.15) is 10.4 Å². The Morgan fingerprint density at radius 3 is 2.57 bits per heavy atom. The van der Waals surface area contributed by atoms with Gasteiger partial charge in [-0.3, -0.25) is 9.59 Å². The molecule has 0 aliphatic carbocycles. The van der Waals surface area contributed by atoms with Gasteiger partial charge in [0, 0.05) is 25.1 Å². The molecule has 7 heteroatoms. The second-order valence-electron chi connectivity index (χ2n) is 4.17. The number of hydrogen-bond donors (Lipinski definition) is 3. The standard InChI is InChI=1S/C14H20N2O4S/c1-19-8-9-20-10-13(17)15-6-7-16-14(18)11-4-2-3-5-12(11)21/h2-5,21H,6-10H2,1H3,(H,15,17)(H,16,18). The second-order valence-corrected chi connectivity index (χ2v) is 4.65. The number of hydrogen-bond acceptors (Lipinski definition) is 5. The van der Waals surface area contributed by atoms with Crippen molar-refractivity contribution in [2.24, 2.45) is 0 Å². The Hall–Kier alpha value is -1.57. The van der Waals surface area contributed by atoms with Gasteiger partial charge in [0.1, 0.15) is 6.61 Å². The molecule has 0 aromatic heterocycles. The van der Waals surface area contributed by atoms with Crippen LogP contribution in [-0.2, 0) is 14.3 Å². The number of carbonyl (C=O) groups excluding carboxylic acids is 2. The van der Waals surface area contributed by atoms with Crippen LogP contribution in [-0.4, -0.2) is 51.8 Å². The van der Waals surface area contributed by atoms with Crippen LogP contribution >= 0.6 is 12.6 Å². The smallest absolute Gasteiger partial charge is 0.252 e. The first-order chi connectivity index (χ1) is 10.1. The lowest BCUT2D eigenvalue weighted by Crippen LogP contribution is -2.36. The van der Waals surface area contributed by atoms with E-state index >= 15 is 0 Å². The van der Waals surface area contributed by atoms with Gasteiger partial charge in [0.2, 0.25) is 5.91 Å². The Bertz CT molecular complexity index is 468. The molecule has 0 atom stereocenters. The summed E-state index contributed by atoms with van der Waals surface area (Å²) in [6.45, 7) is 1.49. The van der Waals surface area contributed by atoms with Gasteiger partial charge in [0.15, 0.2) is 0 Å². The van der Waals surface area contributed by atoms with E-state index in [1.165, 1.54) is 0 Å². The number of methoxy groups -OCH3 is 1. The molecule has 0 spiro atoms. The van der Waals surface area contributed by atoms with E-state index in [0.717, 1.165) is 0 Å². The highest BCUT2D eigenvalue weighted by atomic mass is 32.1. The van der Waals surface area contributed by atoms with Gasteiger partial charge in [-0.25, -0.2) is 0 Å². The number of carbonyl (C=O) groups is 2. The van der Waals surface area contributed by atoms with Crippen molar-refractivity contribution in [2.45, 2.75) is 4.90 Å².